The van der Waals surface area contributed by atoms with Gasteiger partial charge in [0.1, 0.15) is 0 Å². The first-order valence-corrected chi connectivity index (χ1v) is 6.93. The van der Waals surface area contributed by atoms with E-state index in [-0.39, 0.29) is 6.04 Å². The summed E-state index contributed by atoms with van der Waals surface area (Å²) < 4.78 is 10.4. The molecule has 0 spiro atoms. The fourth-order valence-electron chi connectivity index (χ4n) is 1.72. The zero-order valence-corrected chi connectivity index (χ0v) is 11.5. The fourth-order valence-corrected chi connectivity index (χ4v) is 1.72. The Hall–Kier alpha value is -0.940. The Balaban J connectivity index is 2.25. The van der Waals surface area contributed by atoms with Gasteiger partial charge in [-0.05, 0) is 13.3 Å². The molecule has 1 aromatic heterocycles. The van der Waals surface area contributed by atoms with Crippen LogP contribution in [0.25, 0.3) is 0 Å². The van der Waals surface area contributed by atoms with E-state index in [1.807, 2.05) is 6.92 Å². The van der Waals surface area contributed by atoms with Crippen LogP contribution in [0.3, 0.4) is 0 Å². The molecule has 1 aromatic rings. The molecule has 1 rings (SSSR count). The van der Waals surface area contributed by atoms with Gasteiger partial charge in [0.2, 0.25) is 5.89 Å². The normalized spacial score (nSPS) is 12.8. The molecule has 1 atom stereocenters. The highest BCUT2D eigenvalue weighted by Crippen LogP contribution is 2.10. The lowest BCUT2D eigenvalue weighted by atomic mass is 10.1. The predicted octanol–water partition coefficient (Wildman–Crippen LogP) is 2.62. The minimum atomic E-state index is -0.289. The zero-order chi connectivity index (χ0) is 13.2. The quantitative estimate of drug-likeness (QED) is 0.650. The number of aryl methyl sites for hydroxylation is 1. The average Bonchev–Trinajstić information content (AvgIpc) is 2.84. The number of aromatic nitrogens is 2. The molecule has 5 heteroatoms. The highest BCUT2D eigenvalue weighted by Gasteiger charge is 2.13. The maximum Gasteiger partial charge on any atom is 0.226 e. The van der Waals surface area contributed by atoms with Crippen LogP contribution in [0.4, 0.5) is 0 Å². The predicted molar refractivity (Wildman–Crippen MR) is 70.2 cm³/mol. The van der Waals surface area contributed by atoms with Crippen LogP contribution in [0, 0.1) is 0 Å². The molecular formula is C13H25N3O2. The number of hydrogen-bond donors (Lipinski definition) is 1. The van der Waals surface area contributed by atoms with Gasteiger partial charge in [-0.1, -0.05) is 37.8 Å². The highest BCUT2D eigenvalue weighted by molar-refractivity contribution is 4.93. The molecule has 1 heterocycles. The molecule has 0 radical (unpaired) electrons. The number of unbranched alkanes of at least 4 members (excludes halogenated alkanes) is 4. The minimum Gasteiger partial charge on any atom is -0.380 e. The third-order valence-electron chi connectivity index (χ3n) is 2.81. The van der Waals surface area contributed by atoms with E-state index in [2.05, 4.69) is 17.1 Å². The van der Waals surface area contributed by atoms with Crippen LogP contribution in [0.5, 0.6) is 0 Å². The van der Waals surface area contributed by atoms with Crippen LogP contribution in [0.1, 0.15) is 63.7 Å². The Morgan fingerprint density at radius 1 is 1.22 bits per heavy atom. The number of nitrogens with two attached hydrogens (primary N) is 1. The van der Waals surface area contributed by atoms with Crippen LogP contribution in [-0.4, -0.2) is 23.4 Å². The van der Waals surface area contributed by atoms with Crippen molar-refractivity contribution in [3.05, 3.63) is 11.7 Å². The van der Waals surface area contributed by atoms with Crippen LogP contribution in [-0.2, 0) is 11.2 Å². The summed E-state index contributed by atoms with van der Waals surface area (Å²) in [6, 6.07) is -0.289. The molecule has 0 amide bonds. The first-order valence-electron chi connectivity index (χ1n) is 6.93. The number of ether oxygens (including phenoxy) is 1. The molecule has 18 heavy (non-hydrogen) atoms. The van der Waals surface area contributed by atoms with Crippen molar-refractivity contribution in [1.29, 1.82) is 0 Å². The molecule has 1 unspecified atom stereocenters. The van der Waals surface area contributed by atoms with Gasteiger partial charge < -0.3 is 15.0 Å². The molecule has 0 aliphatic carbocycles. The first-order chi connectivity index (χ1) is 8.77. The largest absolute Gasteiger partial charge is 0.380 e. The molecule has 0 aromatic carbocycles. The molecule has 0 fully saturated rings. The maximum absolute atomic E-state index is 5.88. The van der Waals surface area contributed by atoms with Crippen molar-refractivity contribution < 1.29 is 9.26 Å². The van der Waals surface area contributed by atoms with Crippen LogP contribution >= 0.6 is 0 Å². The zero-order valence-electron chi connectivity index (χ0n) is 11.5. The van der Waals surface area contributed by atoms with Crippen LogP contribution in [0.15, 0.2) is 4.52 Å². The van der Waals surface area contributed by atoms with E-state index in [0.717, 1.165) is 12.8 Å². The van der Waals surface area contributed by atoms with Crippen molar-refractivity contribution in [2.24, 2.45) is 5.73 Å². The van der Waals surface area contributed by atoms with Gasteiger partial charge >= 0.3 is 0 Å². The number of rotatable bonds is 10. The van der Waals surface area contributed by atoms with E-state index in [9.17, 15) is 0 Å². The lowest BCUT2D eigenvalue weighted by Crippen LogP contribution is -2.18. The van der Waals surface area contributed by atoms with E-state index >= 15 is 0 Å². The molecule has 0 bridgehead atoms. The molecule has 0 aliphatic heterocycles. The van der Waals surface area contributed by atoms with E-state index in [1.165, 1.54) is 25.7 Å². The molecule has 0 saturated carbocycles. The second-order valence-electron chi connectivity index (χ2n) is 4.48. The lowest BCUT2D eigenvalue weighted by molar-refractivity contribution is 0.130. The Morgan fingerprint density at radius 2 is 2.00 bits per heavy atom. The topological polar surface area (TPSA) is 74.2 Å². The van der Waals surface area contributed by atoms with Crippen molar-refractivity contribution in [3.63, 3.8) is 0 Å². The molecule has 104 valence electrons. The van der Waals surface area contributed by atoms with Gasteiger partial charge in [0.05, 0.1) is 12.6 Å². The molecule has 0 aliphatic rings. The number of hydrogen-bond acceptors (Lipinski definition) is 5. The summed E-state index contributed by atoms with van der Waals surface area (Å²) in [6.45, 7) is 5.23. The van der Waals surface area contributed by atoms with Gasteiger partial charge in [-0.25, -0.2) is 0 Å². The third kappa shape index (κ3) is 5.60. The van der Waals surface area contributed by atoms with Crippen molar-refractivity contribution >= 4 is 0 Å². The summed E-state index contributed by atoms with van der Waals surface area (Å²) in [5, 5.41) is 3.89. The Bertz CT molecular complexity index is 315. The molecule has 0 saturated heterocycles. The molecular weight excluding hydrogens is 230 g/mol. The summed E-state index contributed by atoms with van der Waals surface area (Å²) in [5.74, 6) is 1.24. The van der Waals surface area contributed by atoms with Gasteiger partial charge in [-0.2, -0.15) is 4.98 Å². The Kier molecular flexibility index (Phi) is 7.60. The monoisotopic (exact) mass is 255 g/mol. The summed E-state index contributed by atoms with van der Waals surface area (Å²) in [4.78, 5) is 4.30. The van der Waals surface area contributed by atoms with Crippen molar-refractivity contribution in [2.45, 2.75) is 58.4 Å². The van der Waals surface area contributed by atoms with Crippen LogP contribution < -0.4 is 5.73 Å². The van der Waals surface area contributed by atoms with Gasteiger partial charge in [0.25, 0.3) is 0 Å². The first kappa shape index (κ1) is 15.1. The van der Waals surface area contributed by atoms with Crippen molar-refractivity contribution in [1.82, 2.24) is 10.1 Å². The Labute approximate surface area is 109 Å². The van der Waals surface area contributed by atoms with Crippen molar-refractivity contribution in [3.8, 4) is 0 Å². The summed E-state index contributed by atoms with van der Waals surface area (Å²) in [5.41, 5.74) is 5.88. The smallest absolute Gasteiger partial charge is 0.226 e. The fraction of sp³-hybridized carbons (Fsp3) is 0.846. The van der Waals surface area contributed by atoms with E-state index in [0.29, 0.717) is 24.9 Å². The molecule has 2 N–H and O–H groups in total. The lowest BCUT2D eigenvalue weighted by Gasteiger charge is -2.05. The Morgan fingerprint density at radius 3 is 2.72 bits per heavy atom. The average molecular weight is 255 g/mol. The third-order valence-corrected chi connectivity index (χ3v) is 2.81. The standard InChI is InChI=1S/C13H25N3O2/c1-3-5-6-7-8-9-12-15-13(16-18-12)11(14)10-17-4-2/h11H,3-10,14H2,1-2H3. The van der Waals surface area contributed by atoms with Crippen molar-refractivity contribution in [2.75, 3.05) is 13.2 Å². The molecule has 5 nitrogen and oxygen atoms in total. The van der Waals surface area contributed by atoms with Gasteiger partial charge in [-0.15, -0.1) is 0 Å². The van der Waals surface area contributed by atoms with E-state index in [1.54, 1.807) is 0 Å². The van der Waals surface area contributed by atoms with Gasteiger partial charge in [0, 0.05) is 13.0 Å². The SMILES string of the molecule is CCCCCCCc1nc(C(N)COCC)no1. The summed E-state index contributed by atoms with van der Waals surface area (Å²) in [6.07, 6.45) is 7.00. The summed E-state index contributed by atoms with van der Waals surface area (Å²) in [7, 11) is 0. The van der Waals surface area contributed by atoms with Gasteiger partial charge in [-0.3, -0.25) is 0 Å². The second-order valence-corrected chi connectivity index (χ2v) is 4.48. The highest BCUT2D eigenvalue weighted by atomic mass is 16.5. The van der Waals surface area contributed by atoms with Gasteiger partial charge in [0.15, 0.2) is 5.82 Å². The van der Waals surface area contributed by atoms with E-state index < -0.39 is 0 Å². The second kappa shape index (κ2) is 9.05. The minimum absolute atomic E-state index is 0.289. The summed E-state index contributed by atoms with van der Waals surface area (Å²) >= 11 is 0. The number of nitrogens with zero attached hydrogens (tertiary/aromatic N) is 2. The maximum atomic E-state index is 5.88. The van der Waals surface area contributed by atoms with Crippen LogP contribution in [0.2, 0.25) is 0 Å². The van der Waals surface area contributed by atoms with E-state index in [4.69, 9.17) is 15.0 Å².